The zero-order valence-corrected chi connectivity index (χ0v) is 13.5. The van der Waals surface area contributed by atoms with Gasteiger partial charge in [-0.05, 0) is 37.1 Å². The summed E-state index contributed by atoms with van der Waals surface area (Å²) in [6, 6.07) is 7.69. The summed E-state index contributed by atoms with van der Waals surface area (Å²) in [5, 5.41) is 8.97. The lowest BCUT2D eigenvalue weighted by molar-refractivity contribution is 0.0697. The van der Waals surface area contributed by atoms with Gasteiger partial charge in [0.2, 0.25) is 0 Å². The van der Waals surface area contributed by atoms with E-state index in [1.165, 1.54) is 12.8 Å². The van der Waals surface area contributed by atoms with Crippen LogP contribution < -0.4 is 0 Å². The second kappa shape index (κ2) is 6.96. The first-order chi connectivity index (χ1) is 11.2. The summed E-state index contributed by atoms with van der Waals surface area (Å²) in [7, 11) is 0. The van der Waals surface area contributed by atoms with Crippen LogP contribution in [0.5, 0.6) is 0 Å². The molecule has 0 aliphatic carbocycles. The third-order valence-corrected chi connectivity index (χ3v) is 4.55. The minimum absolute atomic E-state index is 0.344. The molecule has 23 heavy (non-hydrogen) atoms. The van der Waals surface area contributed by atoms with Crippen molar-refractivity contribution in [2.45, 2.75) is 38.8 Å². The molecule has 0 saturated carbocycles. The molecule has 122 valence electrons. The Hall–Kier alpha value is -2.14. The first-order valence-corrected chi connectivity index (χ1v) is 8.23. The maximum absolute atomic E-state index is 10.9. The molecule has 1 unspecified atom stereocenters. The molecule has 1 N–H and O–H groups in total. The maximum Gasteiger partial charge on any atom is 0.335 e. The molecule has 1 aliphatic heterocycles. The molecule has 1 aliphatic rings. The van der Waals surface area contributed by atoms with Crippen LogP contribution in [0.3, 0.4) is 0 Å². The van der Waals surface area contributed by atoms with Crippen molar-refractivity contribution < 1.29 is 9.90 Å². The second-order valence-electron chi connectivity index (χ2n) is 6.14. The van der Waals surface area contributed by atoms with Crippen molar-refractivity contribution >= 4 is 5.97 Å². The van der Waals surface area contributed by atoms with Crippen molar-refractivity contribution in [3.63, 3.8) is 0 Å². The Balaban J connectivity index is 1.65. The average molecular weight is 313 g/mol. The van der Waals surface area contributed by atoms with Gasteiger partial charge in [0.05, 0.1) is 5.56 Å². The SMILES string of the molecule is CCc1nccn1C1CCCN(Cc2ccc(C(=O)O)cc2)C1. The molecule has 3 rings (SSSR count). The number of rotatable bonds is 5. The number of carboxylic acids is 1. The van der Waals surface area contributed by atoms with Crippen LogP contribution in [0.2, 0.25) is 0 Å². The molecule has 0 amide bonds. The molecule has 2 heterocycles. The smallest absolute Gasteiger partial charge is 0.335 e. The number of imidazole rings is 1. The minimum atomic E-state index is -0.873. The first kappa shape index (κ1) is 15.7. The molecule has 1 aromatic carbocycles. The molecule has 0 bridgehead atoms. The summed E-state index contributed by atoms with van der Waals surface area (Å²) in [5.41, 5.74) is 1.51. The highest BCUT2D eigenvalue weighted by Gasteiger charge is 2.22. The molecule has 1 saturated heterocycles. The summed E-state index contributed by atoms with van der Waals surface area (Å²) < 4.78 is 2.32. The van der Waals surface area contributed by atoms with Gasteiger partial charge in [-0.1, -0.05) is 19.1 Å². The van der Waals surface area contributed by atoms with Crippen LogP contribution >= 0.6 is 0 Å². The zero-order valence-electron chi connectivity index (χ0n) is 13.5. The number of carbonyl (C=O) groups is 1. The van der Waals surface area contributed by atoms with Gasteiger partial charge in [-0.25, -0.2) is 9.78 Å². The van der Waals surface area contributed by atoms with E-state index in [1.54, 1.807) is 12.1 Å². The van der Waals surface area contributed by atoms with E-state index >= 15 is 0 Å². The van der Waals surface area contributed by atoms with Crippen LogP contribution in [0.15, 0.2) is 36.7 Å². The highest BCUT2D eigenvalue weighted by atomic mass is 16.4. The van der Waals surface area contributed by atoms with E-state index in [0.29, 0.717) is 11.6 Å². The van der Waals surface area contributed by atoms with Crippen LogP contribution in [-0.2, 0) is 13.0 Å². The zero-order chi connectivity index (χ0) is 16.2. The standard InChI is InChI=1S/C18H23N3O2/c1-2-17-19-9-11-21(17)16-4-3-10-20(13-16)12-14-5-7-15(8-6-14)18(22)23/h5-9,11,16H,2-4,10,12-13H2,1H3,(H,22,23). The predicted molar refractivity (Wildman–Crippen MR) is 88.6 cm³/mol. The van der Waals surface area contributed by atoms with Gasteiger partial charge in [0.1, 0.15) is 5.82 Å². The Labute approximate surface area is 136 Å². The van der Waals surface area contributed by atoms with Gasteiger partial charge in [0.15, 0.2) is 0 Å². The largest absolute Gasteiger partial charge is 0.478 e. The molecule has 1 atom stereocenters. The van der Waals surface area contributed by atoms with Crippen LogP contribution in [0.1, 0.15) is 47.6 Å². The number of aryl methyl sites for hydroxylation is 1. The van der Waals surface area contributed by atoms with E-state index in [2.05, 4.69) is 27.6 Å². The lowest BCUT2D eigenvalue weighted by atomic mass is 10.0. The number of piperidine rings is 1. The van der Waals surface area contributed by atoms with Gasteiger partial charge in [-0.3, -0.25) is 4.90 Å². The fourth-order valence-electron chi connectivity index (χ4n) is 3.36. The molecular formula is C18H23N3O2. The first-order valence-electron chi connectivity index (χ1n) is 8.23. The number of likely N-dealkylation sites (tertiary alicyclic amines) is 1. The molecule has 1 aromatic heterocycles. The number of carboxylic acid groups (broad SMARTS) is 1. The number of benzene rings is 1. The predicted octanol–water partition coefficient (Wildman–Crippen LogP) is 2.98. The summed E-state index contributed by atoms with van der Waals surface area (Å²) >= 11 is 0. The fraction of sp³-hybridized carbons (Fsp3) is 0.444. The Bertz CT molecular complexity index is 663. The molecule has 2 aromatic rings. The Morgan fingerprint density at radius 2 is 2.13 bits per heavy atom. The number of aromatic nitrogens is 2. The van der Waals surface area contributed by atoms with Gasteiger partial charge in [-0.15, -0.1) is 0 Å². The van der Waals surface area contributed by atoms with Gasteiger partial charge in [0.25, 0.3) is 0 Å². The topological polar surface area (TPSA) is 58.4 Å². The molecule has 0 spiro atoms. The van der Waals surface area contributed by atoms with Crippen molar-refractivity contribution in [3.8, 4) is 0 Å². The third kappa shape index (κ3) is 3.62. The van der Waals surface area contributed by atoms with E-state index in [9.17, 15) is 4.79 Å². The van der Waals surface area contributed by atoms with Crippen molar-refractivity contribution in [1.82, 2.24) is 14.5 Å². The van der Waals surface area contributed by atoms with Gasteiger partial charge in [-0.2, -0.15) is 0 Å². The van der Waals surface area contributed by atoms with Gasteiger partial charge in [0, 0.05) is 37.9 Å². The van der Waals surface area contributed by atoms with Crippen molar-refractivity contribution in [1.29, 1.82) is 0 Å². The van der Waals surface area contributed by atoms with Crippen LogP contribution in [0.4, 0.5) is 0 Å². The Morgan fingerprint density at radius 1 is 1.35 bits per heavy atom. The lowest BCUT2D eigenvalue weighted by Crippen LogP contribution is -2.36. The summed E-state index contributed by atoms with van der Waals surface area (Å²) in [5.74, 6) is 0.282. The monoisotopic (exact) mass is 313 g/mol. The quantitative estimate of drug-likeness (QED) is 0.922. The number of aromatic carboxylic acids is 1. The fourth-order valence-corrected chi connectivity index (χ4v) is 3.36. The molecule has 1 fully saturated rings. The lowest BCUT2D eigenvalue weighted by Gasteiger charge is -2.34. The van der Waals surface area contributed by atoms with Crippen LogP contribution in [0.25, 0.3) is 0 Å². The van der Waals surface area contributed by atoms with Crippen molar-refractivity contribution in [2.24, 2.45) is 0 Å². The summed E-state index contributed by atoms with van der Waals surface area (Å²) in [4.78, 5) is 17.8. The van der Waals surface area contributed by atoms with E-state index < -0.39 is 5.97 Å². The number of nitrogens with zero attached hydrogens (tertiary/aromatic N) is 3. The maximum atomic E-state index is 10.9. The average Bonchev–Trinajstić information content (AvgIpc) is 3.04. The molecule has 5 heteroatoms. The second-order valence-corrected chi connectivity index (χ2v) is 6.14. The van der Waals surface area contributed by atoms with Gasteiger partial charge < -0.3 is 9.67 Å². The molecule has 5 nitrogen and oxygen atoms in total. The van der Waals surface area contributed by atoms with Crippen LogP contribution in [-0.4, -0.2) is 38.6 Å². The van der Waals surface area contributed by atoms with Crippen molar-refractivity contribution in [3.05, 3.63) is 53.6 Å². The Kier molecular flexibility index (Phi) is 4.76. The highest BCUT2D eigenvalue weighted by Crippen LogP contribution is 2.24. The summed E-state index contributed by atoms with van der Waals surface area (Å²) in [6.07, 6.45) is 7.31. The van der Waals surface area contributed by atoms with Gasteiger partial charge >= 0.3 is 5.97 Å². The van der Waals surface area contributed by atoms with E-state index in [4.69, 9.17) is 5.11 Å². The molecular weight excluding hydrogens is 290 g/mol. The minimum Gasteiger partial charge on any atom is -0.478 e. The highest BCUT2D eigenvalue weighted by molar-refractivity contribution is 5.87. The number of hydrogen-bond donors (Lipinski definition) is 1. The summed E-state index contributed by atoms with van der Waals surface area (Å²) in [6.45, 7) is 5.12. The Morgan fingerprint density at radius 3 is 2.83 bits per heavy atom. The number of hydrogen-bond acceptors (Lipinski definition) is 3. The van der Waals surface area contributed by atoms with E-state index in [0.717, 1.165) is 37.4 Å². The van der Waals surface area contributed by atoms with Crippen molar-refractivity contribution in [2.75, 3.05) is 13.1 Å². The van der Waals surface area contributed by atoms with E-state index in [1.807, 2.05) is 18.3 Å². The normalized spacial score (nSPS) is 18.9. The molecule has 0 radical (unpaired) electrons. The van der Waals surface area contributed by atoms with Crippen LogP contribution in [0, 0.1) is 0 Å². The third-order valence-electron chi connectivity index (χ3n) is 4.55. The van der Waals surface area contributed by atoms with E-state index in [-0.39, 0.29) is 0 Å².